The first-order valence-corrected chi connectivity index (χ1v) is 8.31. The molecule has 0 aliphatic carbocycles. The van der Waals surface area contributed by atoms with Gasteiger partial charge in [0.1, 0.15) is 6.54 Å². The van der Waals surface area contributed by atoms with Crippen molar-refractivity contribution in [1.82, 2.24) is 4.90 Å². The minimum atomic E-state index is 0.436. The fourth-order valence-corrected chi connectivity index (χ4v) is 3.31. The predicted octanol–water partition coefficient (Wildman–Crippen LogP) is 4.89. The summed E-state index contributed by atoms with van der Waals surface area (Å²) in [5.41, 5.74) is 5.39. The topological polar surface area (TPSA) is 6.48 Å². The molecular formula is C20H26N2. The Morgan fingerprint density at radius 3 is 2.27 bits per heavy atom. The van der Waals surface area contributed by atoms with Crippen molar-refractivity contribution in [2.75, 3.05) is 11.6 Å². The van der Waals surface area contributed by atoms with Gasteiger partial charge in [-0.2, -0.15) is 0 Å². The molecule has 2 aliphatic rings. The maximum atomic E-state index is 3.60. The second kappa shape index (κ2) is 5.83. The minimum absolute atomic E-state index is 0.436. The smallest absolute Gasteiger partial charge is 0.145 e. The molecule has 3 rings (SSSR count). The Labute approximate surface area is 135 Å². The van der Waals surface area contributed by atoms with Crippen LogP contribution in [-0.4, -0.2) is 17.6 Å². The van der Waals surface area contributed by atoms with Crippen molar-refractivity contribution >= 4 is 5.69 Å². The van der Waals surface area contributed by atoms with Crippen LogP contribution in [0.3, 0.4) is 0 Å². The Balaban J connectivity index is 2.02. The van der Waals surface area contributed by atoms with Crippen LogP contribution >= 0.6 is 0 Å². The second-order valence-electron chi connectivity index (χ2n) is 6.92. The highest BCUT2D eigenvalue weighted by atomic mass is 15.4. The quantitative estimate of drug-likeness (QED) is 0.783. The summed E-state index contributed by atoms with van der Waals surface area (Å²) >= 11 is 0. The van der Waals surface area contributed by atoms with E-state index in [2.05, 4.69) is 87.4 Å². The van der Waals surface area contributed by atoms with Gasteiger partial charge in [0.25, 0.3) is 0 Å². The Kier molecular flexibility index (Phi) is 4.03. The lowest BCUT2D eigenvalue weighted by molar-refractivity contribution is 0.347. The van der Waals surface area contributed by atoms with Gasteiger partial charge in [-0.05, 0) is 36.0 Å². The van der Waals surface area contributed by atoms with Crippen molar-refractivity contribution in [2.45, 2.75) is 52.5 Å². The fraction of sp³-hybridized carbons (Fsp3) is 0.450. The van der Waals surface area contributed by atoms with E-state index in [1.54, 1.807) is 0 Å². The van der Waals surface area contributed by atoms with Gasteiger partial charge >= 0.3 is 0 Å². The molecule has 2 heteroatoms. The van der Waals surface area contributed by atoms with Crippen LogP contribution < -0.4 is 4.90 Å². The number of nitrogens with zero attached hydrogens (tertiary/aromatic N) is 2. The molecule has 1 saturated heterocycles. The molecule has 1 fully saturated rings. The van der Waals surface area contributed by atoms with Crippen LogP contribution in [0, 0.1) is 6.54 Å². The SMILES string of the molecule is CC(C)c1cccc(C(C)C)c1N1[C]C2=CC=CC(C)N2C1. The normalized spacial score (nSPS) is 20.9. The largest absolute Gasteiger partial charge is 0.349 e. The molecular weight excluding hydrogens is 268 g/mol. The summed E-state index contributed by atoms with van der Waals surface area (Å²) in [5, 5.41) is 0. The van der Waals surface area contributed by atoms with Crippen molar-refractivity contribution in [3.05, 3.63) is 59.8 Å². The van der Waals surface area contributed by atoms with Gasteiger partial charge in [0.05, 0.1) is 6.67 Å². The van der Waals surface area contributed by atoms with Crippen LogP contribution in [-0.2, 0) is 0 Å². The average molecular weight is 294 g/mol. The van der Waals surface area contributed by atoms with Crippen molar-refractivity contribution < 1.29 is 0 Å². The molecule has 2 heterocycles. The van der Waals surface area contributed by atoms with Crippen LogP contribution in [0.1, 0.15) is 57.6 Å². The molecule has 1 aromatic carbocycles. The standard InChI is InChI=1S/C20H26N2/c1-14(2)18-10-7-11-19(15(3)4)20(18)21-12-17-9-6-8-16(5)22(17)13-21/h6-11,14-16H,13H2,1-5H3. The Hall–Kier alpha value is -1.70. The molecule has 2 radical (unpaired) electrons. The molecule has 1 aromatic rings. The first-order valence-electron chi connectivity index (χ1n) is 8.31. The second-order valence-corrected chi connectivity index (χ2v) is 6.92. The zero-order chi connectivity index (χ0) is 15.9. The maximum Gasteiger partial charge on any atom is 0.145 e. The van der Waals surface area contributed by atoms with Gasteiger partial charge in [-0.1, -0.05) is 58.0 Å². The van der Waals surface area contributed by atoms with E-state index in [4.69, 9.17) is 0 Å². The zero-order valence-electron chi connectivity index (χ0n) is 14.3. The molecule has 0 aromatic heterocycles. The van der Waals surface area contributed by atoms with Crippen molar-refractivity contribution in [3.8, 4) is 0 Å². The summed E-state index contributed by atoms with van der Waals surface area (Å²) < 4.78 is 0. The first-order chi connectivity index (χ1) is 10.5. The number of hydrogen-bond donors (Lipinski definition) is 0. The highest BCUT2D eigenvalue weighted by Crippen LogP contribution is 2.40. The van der Waals surface area contributed by atoms with E-state index >= 15 is 0 Å². The minimum Gasteiger partial charge on any atom is -0.349 e. The molecule has 2 aliphatic heterocycles. The van der Waals surface area contributed by atoms with Crippen molar-refractivity contribution in [3.63, 3.8) is 0 Å². The van der Waals surface area contributed by atoms with E-state index in [9.17, 15) is 0 Å². The zero-order valence-corrected chi connectivity index (χ0v) is 14.3. The molecule has 0 spiro atoms. The molecule has 0 saturated carbocycles. The molecule has 0 amide bonds. The maximum absolute atomic E-state index is 3.60. The van der Waals surface area contributed by atoms with Gasteiger partial charge in [0.15, 0.2) is 0 Å². The predicted molar refractivity (Wildman–Crippen MR) is 93.7 cm³/mol. The van der Waals surface area contributed by atoms with Gasteiger partial charge in [0, 0.05) is 17.4 Å². The van der Waals surface area contributed by atoms with E-state index < -0.39 is 0 Å². The molecule has 1 atom stereocenters. The number of rotatable bonds is 3. The van der Waals surface area contributed by atoms with Crippen LogP contribution in [0.4, 0.5) is 5.69 Å². The van der Waals surface area contributed by atoms with Gasteiger partial charge < -0.3 is 9.80 Å². The number of para-hydroxylation sites is 1. The highest BCUT2D eigenvalue weighted by Gasteiger charge is 2.32. The van der Waals surface area contributed by atoms with Gasteiger partial charge in [-0.15, -0.1) is 0 Å². The number of allylic oxidation sites excluding steroid dienone is 2. The monoisotopic (exact) mass is 294 g/mol. The fourth-order valence-electron chi connectivity index (χ4n) is 3.31. The summed E-state index contributed by atoms with van der Waals surface area (Å²) in [4.78, 5) is 4.72. The molecule has 0 bridgehead atoms. The summed E-state index contributed by atoms with van der Waals surface area (Å²) in [6.07, 6.45) is 6.55. The number of fused-ring (bicyclic) bond motifs is 1. The lowest BCUT2D eigenvalue weighted by Gasteiger charge is -2.29. The van der Waals surface area contributed by atoms with Crippen LogP contribution in [0.25, 0.3) is 0 Å². The summed E-state index contributed by atoms with van der Waals surface area (Å²) in [6.45, 7) is 15.8. The third kappa shape index (κ3) is 2.55. The average Bonchev–Trinajstić information content (AvgIpc) is 2.91. The van der Waals surface area contributed by atoms with E-state index in [1.807, 2.05) is 0 Å². The molecule has 0 N–H and O–H groups in total. The van der Waals surface area contributed by atoms with E-state index in [0.29, 0.717) is 17.9 Å². The summed E-state index contributed by atoms with van der Waals surface area (Å²) in [6, 6.07) is 7.16. The van der Waals surface area contributed by atoms with Crippen LogP contribution in [0.5, 0.6) is 0 Å². The lowest BCUT2D eigenvalue weighted by Crippen LogP contribution is -2.32. The Morgan fingerprint density at radius 2 is 1.73 bits per heavy atom. The Morgan fingerprint density at radius 1 is 1.09 bits per heavy atom. The lowest BCUT2D eigenvalue weighted by atomic mass is 9.92. The van der Waals surface area contributed by atoms with Crippen molar-refractivity contribution in [1.29, 1.82) is 0 Å². The summed E-state index contributed by atoms with van der Waals surface area (Å²) in [7, 11) is 0. The Bertz CT molecular complexity index is 584. The molecule has 1 unspecified atom stereocenters. The highest BCUT2D eigenvalue weighted by molar-refractivity contribution is 5.65. The summed E-state index contributed by atoms with van der Waals surface area (Å²) in [5.74, 6) is 1.02. The van der Waals surface area contributed by atoms with E-state index in [1.165, 1.54) is 22.5 Å². The van der Waals surface area contributed by atoms with E-state index in [0.717, 1.165) is 6.67 Å². The van der Waals surface area contributed by atoms with Gasteiger partial charge in [-0.25, -0.2) is 0 Å². The van der Waals surface area contributed by atoms with Crippen molar-refractivity contribution in [2.24, 2.45) is 0 Å². The number of benzene rings is 1. The third-order valence-electron chi connectivity index (χ3n) is 4.60. The van der Waals surface area contributed by atoms with E-state index in [-0.39, 0.29) is 0 Å². The third-order valence-corrected chi connectivity index (χ3v) is 4.60. The number of hydrogen-bond acceptors (Lipinski definition) is 2. The van der Waals surface area contributed by atoms with Gasteiger partial charge in [0.2, 0.25) is 0 Å². The molecule has 22 heavy (non-hydrogen) atoms. The van der Waals surface area contributed by atoms with Gasteiger partial charge in [-0.3, -0.25) is 0 Å². The molecule has 2 nitrogen and oxygen atoms in total. The first kappa shape index (κ1) is 15.2. The van der Waals surface area contributed by atoms with Crippen LogP contribution in [0.2, 0.25) is 0 Å². The van der Waals surface area contributed by atoms with Crippen LogP contribution in [0.15, 0.2) is 42.1 Å². The number of anilines is 1. The molecule has 116 valence electrons.